The van der Waals surface area contributed by atoms with Gasteiger partial charge < -0.3 is 4.98 Å². The number of fused-ring (bicyclic) bond motifs is 2. The molecule has 1 aliphatic heterocycles. The summed E-state index contributed by atoms with van der Waals surface area (Å²) >= 11 is 6.65. The number of aromatic amines is 1. The first kappa shape index (κ1) is 21.0. The molecular weight excluding hydrogens is 420 g/mol. The number of hydrogen-bond donors (Lipinski definition) is 1. The second-order valence-corrected chi connectivity index (χ2v) is 9.49. The van der Waals surface area contributed by atoms with Crippen LogP contribution < -0.4 is 0 Å². The molecule has 1 saturated heterocycles. The molecule has 5 rings (SSSR count). The maximum absolute atomic E-state index is 7.11. The van der Waals surface area contributed by atoms with Crippen molar-refractivity contribution < 1.29 is 0 Å². The molecule has 164 valence electrons. The lowest BCUT2D eigenvalue weighted by Gasteiger charge is -2.28. The molecule has 4 aromatic rings. The number of likely N-dealkylation sites (tertiary alicyclic amines) is 1. The molecule has 3 aromatic heterocycles. The van der Waals surface area contributed by atoms with Crippen molar-refractivity contribution in [1.29, 1.82) is 0 Å². The number of rotatable bonds is 4. The normalized spacial score (nSPS) is 15.8. The first-order chi connectivity index (χ1) is 15.5. The Morgan fingerprint density at radius 2 is 2.06 bits per heavy atom. The third kappa shape index (κ3) is 3.46. The molecule has 0 radical (unpaired) electrons. The first-order valence-electron chi connectivity index (χ1n) is 11.2. The number of nitrogens with zero attached hydrogens (tertiary/aromatic N) is 5. The van der Waals surface area contributed by atoms with E-state index >= 15 is 0 Å². The smallest absolute Gasteiger partial charge is 0.270 e. The molecule has 32 heavy (non-hydrogen) atoms. The van der Waals surface area contributed by atoms with Gasteiger partial charge in [0.25, 0.3) is 6.67 Å². The van der Waals surface area contributed by atoms with Gasteiger partial charge in [-0.15, -0.1) is 10.2 Å². The molecule has 1 aliphatic rings. The van der Waals surface area contributed by atoms with Gasteiger partial charge in [-0.1, -0.05) is 31.5 Å². The molecule has 4 heterocycles. The molecule has 0 aliphatic carbocycles. The Bertz CT molecular complexity index is 1330. The Labute approximate surface area is 193 Å². The summed E-state index contributed by atoms with van der Waals surface area (Å²) in [6, 6.07) is 6.87. The lowest BCUT2D eigenvalue weighted by molar-refractivity contribution is 0.232. The van der Waals surface area contributed by atoms with Crippen LogP contribution in [-0.4, -0.2) is 44.2 Å². The average molecular weight is 447 g/mol. The second kappa shape index (κ2) is 8.23. The van der Waals surface area contributed by atoms with Crippen LogP contribution in [0.3, 0.4) is 0 Å². The molecule has 0 bridgehead atoms. The molecule has 0 unspecified atom stereocenters. The van der Waals surface area contributed by atoms with Crippen LogP contribution in [0.1, 0.15) is 55.2 Å². The number of halogens is 1. The minimum Gasteiger partial charge on any atom is -0.354 e. The molecule has 0 spiro atoms. The van der Waals surface area contributed by atoms with Gasteiger partial charge in [0, 0.05) is 35.8 Å². The summed E-state index contributed by atoms with van der Waals surface area (Å²) in [6.45, 7) is 16.2. The van der Waals surface area contributed by atoms with E-state index in [1.165, 1.54) is 16.5 Å². The third-order valence-corrected chi connectivity index (χ3v) is 7.26. The molecule has 6 nitrogen and oxygen atoms in total. The van der Waals surface area contributed by atoms with Crippen LogP contribution in [0.25, 0.3) is 32.7 Å². The summed E-state index contributed by atoms with van der Waals surface area (Å²) in [5.74, 6) is 0.897. The number of aromatic nitrogens is 4. The fourth-order valence-electron chi connectivity index (χ4n) is 5.07. The van der Waals surface area contributed by atoms with Gasteiger partial charge in [-0.3, -0.25) is 9.25 Å². The Balaban J connectivity index is 1.59. The Kier molecular flexibility index (Phi) is 5.40. The zero-order chi connectivity index (χ0) is 22.4. The van der Waals surface area contributed by atoms with E-state index in [1.807, 2.05) is 11.3 Å². The fourth-order valence-corrected chi connectivity index (χ4v) is 5.31. The maximum Gasteiger partial charge on any atom is 0.270 e. The lowest BCUT2D eigenvalue weighted by Crippen LogP contribution is -2.32. The summed E-state index contributed by atoms with van der Waals surface area (Å²) in [6.07, 6.45) is 5.98. The first-order valence-corrected chi connectivity index (χ1v) is 11.6. The van der Waals surface area contributed by atoms with Crippen molar-refractivity contribution >= 4 is 28.2 Å². The summed E-state index contributed by atoms with van der Waals surface area (Å²) in [4.78, 5) is 9.48. The molecule has 0 atom stereocenters. The highest BCUT2D eigenvalue weighted by molar-refractivity contribution is 6.34. The van der Waals surface area contributed by atoms with Gasteiger partial charge in [0.2, 0.25) is 0 Å². The molecule has 1 fully saturated rings. The highest BCUT2D eigenvalue weighted by atomic mass is 35.5. The largest absolute Gasteiger partial charge is 0.354 e. The van der Waals surface area contributed by atoms with Crippen LogP contribution in [0.5, 0.6) is 0 Å². The molecule has 0 amide bonds. The van der Waals surface area contributed by atoms with E-state index < -0.39 is 0 Å². The number of hydrogen-bond acceptors (Lipinski definition) is 3. The lowest BCUT2D eigenvalue weighted by atomic mass is 9.87. The van der Waals surface area contributed by atoms with Crippen LogP contribution in [0.2, 0.25) is 5.02 Å². The molecular formula is C25H27ClN6. The van der Waals surface area contributed by atoms with Gasteiger partial charge in [0.05, 0.1) is 10.7 Å². The van der Waals surface area contributed by atoms with E-state index in [1.54, 1.807) is 6.33 Å². The minimum atomic E-state index is 0.351. The maximum atomic E-state index is 7.11. The summed E-state index contributed by atoms with van der Waals surface area (Å²) < 4.78 is 1.89. The van der Waals surface area contributed by atoms with Gasteiger partial charge >= 0.3 is 0 Å². The van der Waals surface area contributed by atoms with Crippen molar-refractivity contribution in [3.05, 3.63) is 63.9 Å². The number of benzene rings is 1. The number of nitrogens with one attached hydrogen (secondary N) is 1. The second-order valence-electron chi connectivity index (χ2n) is 9.11. The van der Waals surface area contributed by atoms with Gasteiger partial charge in [0.1, 0.15) is 6.33 Å². The predicted octanol–water partition coefficient (Wildman–Crippen LogP) is 6.02. The van der Waals surface area contributed by atoms with Gasteiger partial charge in [-0.25, -0.2) is 11.5 Å². The summed E-state index contributed by atoms with van der Waals surface area (Å²) in [5, 5.41) is 10.1. The van der Waals surface area contributed by atoms with Crippen molar-refractivity contribution in [3.63, 3.8) is 0 Å². The Hall–Kier alpha value is -2.88. The monoisotopic (exact) mass is 446 g/mol. The third-order valence-electron chi connectivity index (χ3n) is 6.81. The van der Waals surface area contributed by atoms with Crippen LogP contribution in [0.15, 0.2) is 30.7 Å². The Morgan fingerprint density at radius 3 is 2.78 bits per heavy atom. The van der Waals surface area contributed by atoms with E-state index in [9.17, 15) is 0 Å². The summed E-state index contributed by atoms with van der Waals surface area (Å²) in [5.41, 5.74) is 7.76. The van der Waals surface area contributed by atoms with E-state index in [0.717, 1.165) is 48.3 Å². The van der Waals surface area contributed by atoms with E-state index in [0.29, 0.717) is 29.2 Å². The number of H-pyrrole nitrogens is 1. The minimum absolute atomic E-state index is 0.351. The number of piperidine rings is 1. The van der Waals surface area contributed by atoms with Crippen molar-refractivity contribution in [2.45, 2.75) is 45.4 Å². The van der Waals surface area contributed by atoms with E-state index in [2.05, 4.69) is 63.2 Å². The highest BCUT2D eigenvalue weighted by Gasteiger charge is 2.24. The van der Waals surface area contributed by atoms with Crippen molar-refractivity contribution in [1.82, 2.24) is 24.5 Å². The van der Waals surface area contributed by atoms with Crippen LogP contribution >= 0.6 is 11.6 Å². The standard InChI is InChI=1S/C25H27ClN6/c1-15(2)22-19-11-18(17-7-9-31(10-8-17)13-27-4)5-6-21(19)29-24(22)20-12-32-14-28-30-25(32)23(26)16(20)3/h5-6,11-12,14-15,17,29H,7-10,13H2,1-3H3. The number of pyridine rings is 1. The molecule has 1 N–H and O–H groups in total. The topological polar surface area (TPSA) is 53.6 Å². The van der Waals surface area contributed by atoms with Gasteiger partial charge in [-0.2, -0.15) is 0 Å². The molecule has 0 saturated carbocycles. The summed E-state index contributed by atoms with van der Waals surface area (Å²) in [7, 11) is 0. The SMILES string of the molecule is [C-]#[N+]CN1CCC(c2ccc3[nH]c(-c4cn5cnnc5c(Cl)c4C)c(C(C)C)c3c2)CC1. The van der Waals surface area contributed by atoms with Crippen molar-refractivity contribution in [2.75, 3.05) is 19.8 Å². The zero-order valence-corrected chi connectivity index (χ0v) is 19.4. The molecule has 1 aromatic carbocycles. The molecule has 7 heteroatoms. The van der Waals surface area contributed by atoms with Gasteiger partial charge in [0.15, 0.2) is 5.65 Å². The Morgan fingerprint density at radius 1 is 1.28 bits per heavy atom. The van der Waals surface area contributed by atoms with Crippen LogP contribution in [0.4, 0.5) is 0 Å². The predicted molar refractivity (Wildman–Crippen MR) is 129 cm³/mol. The van der Waals surface area contributed by atoms with Crippen molar-refractivity contribution in [2.24, 2.45) is 0 Å². The van der Waals surface area contributed by atoms with Crippen molar-refractivity contribution in [3.8, 4) is 11.3 Å². The fraction of sp³-hybridized carbons (Fsp3) is 0.400. The van der Waals surface area contributed by atoms with Gasteiger partial charge in [-0.05, 0) is 60.4 Å². The van der Waals surface area contributed by atoms with E-state index in [4.69, 9.17) is 18.2 Å². The quantitative estimate of drug-likeness (QED) is 0.390. The zero-order valence-electron chi connectivity index (χ0n) is 18.7. The average Bonchev–Trinajstić information content (AvgIpc) is 3.41. The highest BCUT2D eigenvalue weighted by Crippen LogP contribution is 2.40. The van der Waals surface area contributed by atoms with Crippen LogP contribution in [-0.2, 0) is 0 Å². The van der Waals surface area contributed by atoms with E-state index in [-0.39, 0.29) is 0 Å². The van der Waals surface area contributed by atoms with Crippen LogP contribution in [0, 0.1) is 13.5 Å².